The molecule has 0 amide bonds. The van der Waals surface area contributed by atoms with E-state index in [1.807, 2.05) is 30.3 Å². The van der Waals surface area contributed by atoms with Crippen LogP contribution >= 0.6 is 0 Å². The van der Waals surface area contributed by atoms with Crippen LogP contribution < -0.4 is 14.8 Å². The minimum absolute atomic E-state index is 0.0463. The van der Waals surface area contributed by atoms with Crippen molar-refractivity contribution in [1.29, 1.82) is 0 Å². The van der Waals surface area contributed by atoms with Gasteiger partial charge in [-0.2, -0.15) is 0 Å². The first-order chi connectivity index (χ1) is 9.81. The predicted molar refractivity (Wildman–Crippen MR) is 78.4 cm³/mol. The summed E-state index contributed by atoms with van der Waals surface area (Å²) in [5.74, 6) is 2.32. The molecule has 1 atom stereocenters. The van der Waals surface area contributed by atoms with E-state index in [1.54, 1.807) is 20.5 Å². The molecule has 1 aromatic carbocycles. The number of hydrogen-bond acceptors (Lipinski definition) is 4. The molecule has 0 bridgehead atoms. The molecular weight excluding hydrogens is 254 g/mol. The van der Waals surface area contributed by atoms with E-state index in [-0.39, 0.29) is 6.04 Å². The Labute approximate surface area is 119 Å². The molecule has 1 N–H and O–H groups in total. The Balaban J connectivity index is 2.43. The van der Waals surface area contributed by atoms with Gasteiger partial charge in [-0.15, -0.1) is 0 Å². The number of ether oxygens (including phenoxy) is 2. The third-order valence-electron chi connectivity index (χ3n) is 3.17. The molecule has 4 heteroatoms. The summed E-state index contributed by atoms with van der Waals surface area (Å²) in [6, 6.07) is 9.68. The molecule has 1 heterocycles. The zero-order valence-corrected chi connectivity index (χ0v) is 12.2. The van der Waals surface area contributed by atoms with Crippen LogP contribution in [-0.4, -0.2) is 20.8 Å². The number of methoxy groups -OCH3 is 2. The van der Waals surface area contributed by atoms with Crippen molar-refractivity contribution in [3.8, 4) is 11.5 Å². The molecule has 1 unspecified atom stereocenters. The smallest absolute Gasteiger partial charge is 0.165 e. The Morgan fingerprint density at radius 2 is 2.00 bits per heavy atom. The standard InChI is InChI=1S/C16H21NO3/c1-4-10-17-15(13-9-6-11-20-13)12-7-5-8-14(18-2)16(12)19-3/h5-9,11,15,17H,4,10H2,1-3H3. The molecule has 0 saturated carbocycles. The fraction of sp³-hybridized carbons (Fsp3) is 0.375. The summed E-state index contributed by atoms with van der Waals surface area (Å²) in [5, 5.41) is 3.48. The Kier molecular flexibility index (Phi) is 5.07. The lowest BCUT2D eigenvalue weighted by Gasteiger charge is -2.20. The van der Waals surface area contributed by atoms with Crippen LogP contribution in [0.5, 0.6) is 11.5 Å². The van der Waals surface area contributed by atoms with Gasteiger partial charge in [-0.25, -0.2) is 0 Å². The first-order valence-electron chi connectivity index (χ1n) is 6.79. The number of rotatable bonds is 7. The van der Waals surface area contributed by atoms with Crippen LogP contribution in [-0.2, 0) is 0 Å². The van der Waals surface area contributed by atoms with Gasteiger partial charge in [0.25, 0.3) is 0 Å². The highest BCUT2D eigenvalue weighted by Crippen LogP contribution is 2.37. The highest BCUT2D eigenvalue weighted by molar-refractivity contribution is 5.49. The molecule has 0 saturated heterocycles. The fourth-order valence-corrected chi connectivity index (χ4v) is 2.25. The zero-order valence-electron chi connectivity index (χ0n) is 12.2. The lowest BCUT2D eigenvalue weighted by atomic mass is 10.0. The molecule has 1 aromatic heterocycles. The van der Waals surface area contributed by atoms with Gasteiger partial charge < -0.3 is 19.2 Å². The maximum absolute atomic E-state index is 5.56. The number of para-hydroxylation sites is 1. The lowest BCUT2D eigenvalue weighted by Crippen LogP contribution is -2.23. The highest BCUT2D eigenvalue weighted by Gasteiger charge is 2.22. The van der Waals surface area contributed by atoms with Crippen LogP contribution in [0.15, 0.2) is 41.0 Å². The molecule has 2 aromatic rings. The van der Waals surface area contributed by atoms with Crippen molar-refractivity contribution >= 4 is 0 Å². The number of benzene rings is 1. The quantitative estimate of drug-likeness (QED) is 0.841. The Morgan fingerprint density at radius 3 is 2.60 bits per heavy atom. The van der Waals surface area contributed by atoms with E-state index < -0.39 is 0 Å². The Bertz CT molecular complexity index is 523. The van der Waals surface area contributed by atoms with Crippen molar-refractivity contribution in [3.63, 3.8) is 0 Å². The maximum Gasteiger partial charge on any atom is 0.165 e. The van der Waals surface area contributed by atoms with Gasteiger partial charge in [0.2, 0.25) is 0 Å². The average molecular weight is 275 g/mol. The zero-order chi connectivity index (χ0) is 14.4. The van der Waals surface area contributed by atoms with Crippen molar-refractivity contribution in [3.05, 3.63) is 47.9 Å². The van der Waals surface area contributed by atoms with E-state index in [2.05, 4.69) is 12.2 Å². The minimum Gasteiger partial charge on any atom is -0.493 e. The SMILES string of the molecule is CCCNC(c1ccco1)c1cccc(OC)c1OC. The third-order valence-corrected chi connectivity index (χ3v) is 3.17. The number of nitrogens with one attached hydrogen (secondary N) is 1. The average Bonchev–Trinajstić information content (AvgIpc) is 3.01. The van der Waals surface area contributed by atoms with Crippen molar-refractivity contribution in [2.75, 3.05) is 20.8 Å². The first kappa shape index (κ1) is 14.5. The van der Waals surface area contributed by atoms with Gasteiger partial charge in [-0.1, -0.05) is 19.1 Å². The molecule has 0 spiro atoms. The molecule has 0 fully saturated rings. The molecule has 20 heavy (non-hydrogen) atoms. The summed E-state index contributed by atoms with van der Waals surface area (Å²) in [6.45, 7) is 3.03. The molecule has 4 nitrogen and oxygen atoms in total. The van der Waals surface area contributed by atoms with Crippen LogP contribution in [0, 0.1) is 0 Å². The van der Waals surface area contributed by atoms with Gasteiger partial charge in [0.05, 0.1) is 26.5 Å². The van der Waals surface area contributed by atoms with Gasteiger partial charge in [0, 0.05) is 5.56 Å². The van der Waals surface area contributed by atoms with Gasteiger partial charge in [-0.05, 0) is 31.2 Å². The molecule has 2 rings (SSSR count). The number of furan rings is 1. The van der Waals surface area contributed by atoms with Crippen LogP contribution in [0.2, 0.25) is 0 Å². The van der Waals surface area contributed by atoms with Crippen LogP contribution in [0.4, 0.5) is 0 Å². The second kappa shape index (κ2) is 7.01. The van der Waals surface area contributed by atoms with Crippen molar-refractivity contribution < 1.29 is 13.9 Å². The second-order valence-corrected chi connectivity index (χ2v) is 4.49. The minimum atomic E-state index is -0.0463. The first-order valence-corrected chi connectivity index (χ1v) is 6.79. The second-order valence-electron chi connectivity index (χ2n) is 4.49. The van der Waals surface area contributed by atoms with E-state index in [4.69, 9.17) is 13.9 Å². The van der Waals surface area contributed by atoms with Gasteiger partial charge in [0.1, 0.15) is 5.76 Å². The summed E-state index contributed by atoms with van der Waals surface area (Å²) in [5.41, 5.74) is 1.01. The summed E-state index contributed by atoms with van der Waals surface area (Å²) >= 11 is 0. The maximum atomic E-state index is 5.56. The molecule has 0 radical (unpaired) electrons. The lowest BCUT2D eigenvalue weighted by molar-refractivity contribution is 0.345. The highest BCUT2D eigenvalue weighted by atomic mass is 16.5. The van der Waals surface area contributed by atoms with E-state index >= 15 is 0 Å². The predicted octanol–water partition coefficient (Wildman–Crippen LogP) is 3.39. The number of hydrogen-bond donors (Lipinski definition) is 1. The Morgan fingerprint density at radius 1 is 1.15 bits per heavy atom. The summed E-state index contributed by atoms with van der Waals surface area (Å²) in [4.78, 5) is 0. The van der Waals surface area contributed by atoms with Crippen molar-refractivity contribution in [2.45, 2.75) is 19.4 Å². The third kappa shape index (κ3) is 2.96. The van der Waals surface area contributed by atoms with Crippen LogP contribution in [0.3, 0.4) is 0 Å². The fourth-order valence-electron chi connectivity index (χ4n) is 2.25. The largest absolute Gasteiger partial charge is 0.493 e. The normalized spacial score (nSPS) is 12.2. The van der Waals surface area contributed by atoms with Gasteiger partial charge in [-0.3, -0.25) is 0 Å². The molecule has 108 valence electrons. The van der Waals surface area contributed by atoms with Crippen molar-refractivity contribution in [2.24, 2.45) is 0 Å². The van der Waals surface area contributed by atoms with E-state index in [9.17, 15) is 0 Å². The van der Waals surface area contributed by atoms with Gasteiger partial charge in [0.15, 0.2) is 11.5 Å². The topological polar surface area (TPSA) is 43.6 Å². The summed E-state index contributed by atoms with van der Waals surface area (Å²) in [6.07, 6.45) is 2.73. The summed E-state index contributed by atoms with van der Waals surface area (Å²) in [7, 11) is 3.30. The van der Waals surface area contributed by atoms with Crippen LogP contribution in [0.1, 0.15) is 30.7 Å². The van der Waals surface area contributed by atoms with Crippen molar-refractivity contribution in [1.82, 2.24) is 5.32 Å². The van der Waals surface area contributed by atoms with E-state index in [1.165, 1.54) is 0 Å². The Hall–Kier alpha value is -1.94. The van der Waals surface area contributed by atoms with Crippen LogP contribution in [0.25, 0.3) is 0 Å². The molecule has 0 aliphatic rings. The summed E-state index contributed by atoms with van der Waals surface area (Å²) < 4.78 is 16.4. The molecule has 0 aliphatic carbocycles. The van der Waals surface area contributed by atoms with Gasteiger partial charge >= 0.3 is 0 Å². The van der Waals surface area contributed by atoms with E-state index in [0.717, 1.165) is 35.8 Å². The molecular formula is C16H21NO3. The monoisotopic (exact) mass is 275 g/mol. The van der Waals surface area contributed by atoms with E-state index in [0.29, 0.717) is 0 Å². The molecule has 0 aliphatic heterocycles.